The first-order valence-electron chi connectivity index (χ1n) is 7.38. The van der Waals surface area contributed by atoms with Crippen LogP contribution in [0.2, 0.25) is 0 Å². The van der Waals surface area contributed by atoms with Crippen molar-refractivity contribution >= 4 is 11.0 Å². The van der Waals surface area contributed by atoms with Crippen LogP contribution in [0, 0.1) is 0 Å². The van der Waals surface area contributed by atoms with E-state index in [4.69, 9.17) is 9.15 Å². The standard InChI is InChI=1S/C16H22N2O2/c1-2-17-11-14-13-5-3-4-6-15(13)20-16(14)12-18-7-9-19-10-8-18/h3-6,17H,2,7-12H2,1H3. The Kier molecular flexibility index (Phi) is 4.35. The lowest BCUT2D eigenvalue weighted by Gasteiger charge is -2.25. The number of benzene rings is 1. The molecular weight excluding hydrogens is 252 g/mol. The molecule has 4 heteroatoms. The third-order valence-corrected chi connectivity index (χ3v) is 3.80. The molecule has 1 N–H and O–H groups in total. The van der Waals surface area contributed by atoms with Crippen LogP contribution in [0.1, 0.15) is 18.2 Å². The Bertz CT molecular complexity index is 559. The molecule has 0 radical (unpaired) electrons. The number of furan rings is 1. The third-order valence-electron chi connectivity index (χ3n) is 3.80. The summed E-state index contributed by atoms with van der Waals surface area (Å²) in [5, 5.41) is 4.65. The van der Waals surface area contributed by atoms with E-state index in [0.29, 0.717) is 0 Å². The first kappa shape index (κ1) is 13.6. The zero-order valence-electron chi connectivity index (χ0n) is 12.0. The topological polar surface area (TPSA) is 37.6 Å². The third kappa shape index (κ3) is 2.87. The monoisotopic (exact) mass is 274 g/mol. The molecule has 1 aliphatic heterocycles. The van der Waals surface area contributed by atoms with Gasteiger partial charge in [-0.15, -0.1) is 0 Å². The fraction of sp³-hybridized carbons (Fsp3) is 0.500. The summed E-state index contributed by atoms with van der Waals surface area (Å²) in [5.41, 5.74) is 2.29. The van der Waals surface area contributed by atoms with Gasteiger partial charge >= 0.3 is 0 Å². The van der Waals surface area contributed by atoms with E-state index in [1.165, 1.54) is 10.9 Å². The van der Waals surface area contributed by atoms with Crippen LogP contribution in [-0.4, -0.2) is 37.7 Å². The van der Waals surface area contributed by atoms with Gasteiger partial charge in [-0.05, 0) is 12.6 Å². The maximum atomic E-state index is 6.08. The predicted molar refractivity (Wildman–Crippen MR) is 79.7 cm³/mol. The fourth-order valence-electron chi connectivity index (χ4n) is 2.68. The largest absolute Gasteiger partial charge is 0.459 e. The molecule has 3 rings (SSSR count). The van der Waals surface area contributed by atoms with E-state index in [-0.39, 0.29) is 0 Å². The lowest BCUT2D eigenvalue weighted by atomic mass is 10.1. The van der Waals surface area contributed by atoms with Crippen molar-refractivity contribution in [2.24, 2.45) is 0 Å². The minimum atomic E-state index is 0.822. The number of fused-ring (bicyclic) bond motifs is 1. The lowest BCUT2D eigenvalue weighted by molar-refractivity contribution is 0.0314. The number of nitrogens with one attached hydrogen (secondary N) is 1. The minimum absolute atomic E-state index is 0.822. The Morgan fingerprint density at radius 2 is 2.00 bits per heavy atom. The molecule has 1 saturated heterocycles. The van der Waals surface area contributed by atoms with E-state index in [2.05, 4.69) is 29.3 Å². The zero-order valence-corrected chi connectivity index (χ0v) is 12.0. The van der Waals surface area contributed by atoms with Crippen molar-refractivity contribution in [1.29, 1.82) is 0 Å². The van der Waals surface area contributed by atoms with Crippen molar-refractivity contribution in [2.75, 3.05) is 32.8 Å². The van der Waals surface area contributed by atoms with Gasteiger partial charge < -0.3 is 14.5 Å². The molecule has 1 fully saturated rings. The van der Waals surface area contributed by atoms with E-state index in [0.717, 1.165) is 57.3 Å². The summed E-state index contributed by atoms with van der Waals surface area (Å²) in [6.07, 6.45) is 0. The van der Waals surface area contributed by atoms with Gasteiger partial charge in [0.05, 0.1) is 19.8 Å². The smallest absolute Gasteiger partial charge is 0.134 e. The molecule has 0 saturated carbocycles. The SMILES string of the molecule is CCNCc1c(CN2CCOCC2)oc2ccccc12. The number of rotatable bonds is 5. The second-order valence-corrected chi connectivity index (χ2v) is 5.17. The molecule has 2 heterocycles. The summed E-state index contributed by atoms with van der Waals surface area (Å²) in [6, 6.07) is 8.30. The summed E-state index contributed by atoms with van der Waals surface area (Å²) in [4.78, 5) is 2.40. The van der Waals surface area contributed by atoms with Crippen LogP contribution >= 0.6 is 0 Å². The van der Waals surface area contributed by atoms with Gasteiger partial charge in [0.25, 0.3) is 0 Å². The molecule has 1 aromatic carbocycles. The van der Waals surface area contributed by atoms with Gasteiger partial charge in [0.15, 0.2) is 0 Å². The number of para-hydroxylation sites is 1. The molecule has 108 valence electrons. The molecule has 0 bridgehead atoms. The van der Waals surface area contributed by atoms with Gasteiger partial charge in [0.2, 0.25) is 0 Å². The van der Waals surface area contributed by atoms with Gasteiger partial charge in [-0.1, -0.05) is 25.1 Å². The molecular formula is C16H22N2O2. The summed E-state index contributed by atoms with van der Waals surface area (Å²) in [6.45, 7) is 8.45. The van der Waals surface area contributed by atoms with Crippen LogP contribution in [0.3, 0.4) is 0 Å². The maximum absolute atomic E-state index is 6.08. The van der Waals surface area contributed by atoms with Crippen molar-refractivity contribution in [1.82, 2.24) is 10.2 Å². The molecule has 0 unspecified atom stereocenters. The molecule has 1 aromatic heterocycles. The highest BCUT2D eigenvalue weighted by Crippen LogP contribution is 2.27. The predicted octanol–water partition coefficient (Wildman–Crippen LogP) is 2.37. The van der Waals surface area contributed by atoms with Gasteiger partial charge in [0.1, 0.15) is 11.3 Å². The second-order valence-electron chi connectivity index (χ2n) is 5.17. The van der Waals surface area contributed by atoms with Crippen LogP contribution in [0.15, 0.2) is 28.7 Å². The molecule has 0 atom stereocenters. The van der Waals surface area contributed by atoms with Crippen molar-refractivity contribution < 1.29 is 9.15 Å². The van der Waals surface area contributed by atoms with E-state index in [1.807, 2.05) is 12.1 Å². The van der Waals surface area contributed by atoms with Crippen molar-refractivity contribution in [3.63, 3.8) is 0 Å². The number of nitrogens with zero attached hydrogens (tertiary/aromatic N) is 1. The number of morpholine rings is 1. The molecule has 20 heavy (non-hydrogen) atoms. The summed E-state index contributed by atoms with van der Waals surface area (Å²) in [5.74, 6) is 1.09. The zero-order chi connectivity index (χ0) is 13.8. The Hall–Kier alpha value is -1.36. The minimum Gasteiger partial charge on any atom is -0.459 e. The van der Waals surface area contributed by atoms with Crippen LogP contribution in [-0.2, 0) is 17.8 Å². The molecule has 0 aliphatic carbocycles. The first-order chi connectivity index (χ1) is 9.88. The Balaban J connectivity index is 1.87. The highest BCUT2D eigenvalue weighted by molar-refractivity contribution is 5.82. The van der Waals surface area contributed by atoms with Crippen molar-refractivity contribution in [3.05, 3.63) is 35.6 Å². The van der Waals surface area contributed by atoms with Gasteiger partial charge in [0, 0.05) is 30.6 Å². The Morgan fingerprint density at radius 1 is 1.20 bits per heavy atom. The summed E-state index contributed by atoms with van der Waals surface area (Å²) >= 11 is 0. The van der Waals surface area contributed by atoms with E-state index >= 15 is 0 Å². The van der Waals surface area contributed by atoms with Crippen LogP contribution in [0.5, 0.6) is 0 Å². The summed E-state index contributed by atoms with van der Waals surface area (Å²) < 4.78 is 11.5. The first-order valence-corrected chi connectivity index (χ1v) is 7.38. The average molecular weight is 274 g/mol. The van der Waals surface area contributed by atoms with E-state index in [9.17, 15) is 0 Å². The molecule has 1 aliphatic rings. The average Bonchev–Trinajstić information content (AvgIpc) is 2.83. The van der Waals surface area contributed by atoms with Crippen LogP contribution in [0.4, 0.5) is 0 Å². The van der Waals surface area contributed by atoms with Crippen LogP contribution in [0.25, 0.3) is 11.0 Å². The van der Waals surface area contributed by atoms with E-state index < -0.39 is 0 Å². The van der Waals surface area contributed by atoms with E-state index in [1.54, 1.807) is 0 Å². The normalized spacial score (nSPS) is 16.9. The maximum Gasteiger partial charge on any atom is 0.134 e. The lowest BCUT2D eigenvalue weighted by Crippen LogP contribution is -2.35. The number of ether oxygens (including phenoxy) is 1. The second kappa shape index (κ2) is 6.39. The quantitative estimate of drug-likeness (QED) is 0.908. The fourth-order valence-corrected chi connectivity index (χ4v) is 2.68. The highest BCUT2D eigenvalue weighted by atomic mass is 16.5. The highest BCUT2D eigenvalue weighted by Gasteiger charge is 2.18. The molecule has 0 spiro atoms. The van der Waals surface area contributed by atoms with Gasteiger partial charge in [-0.3, -0.25) is 4.90 Å². The molecule has 0 amide bonds. The van der Waals surface area contributed by atoms with Gasteiger partial charge in [-0.25, -0.2) is 0 Å². The van der Waals surface area contributed by atoms with Gasteiger partial charge in [-0.2, -0.15) is 0 Å². The Morgan fingerprint density at radius 3 is 2.80 bits per heavy atom. The number of hydrogen-bond donors (Lipinski definition) is 1. The van der Waals surface area contributed by atoms with Crippen molar-refractivity contribution in [3.8, 4) is 0 Å². The summed E-state index contributed by atoms with van der Waals surface area (Å²) in [7, 11) is 0. The number of hydrogen-bond acceptors (Lipinski definition) is 4. The van der Waals surface area contributed by atoms with Crippen LogP contribution < -0.4 is 5.32 Å². The molecule has 2 aromatic rings. The Labute approximate surface area is 119 Å². The van der Waals surface area contributed by atoms with Crippen molar-refractivity contribution in [2.45, 2.75) is 20.0 Å². The molecule has 4 nitrogen and oxygen atoms in total.